The number of aromatic nitrogens is 2. The molecular formula is C22H26N4O3. The summed E-state index contributed by atoms with van der Waals surface area (Å²) >= 11 is 0. The number of methoxy groups -OCH3 is 1. The van der Waals surface area contributed by atoms with Crippen LogP contribution in [0.2, 0.25) is 0 Å². The van der Waals surface area contributed by atoms with Crippen LogP contribution in [0.25, 0.3) is 11.1 Å². The van der Waals surface area contributed by atoms with Crippen LogP contribution in [0.4, 0.5) is 0 Å². The molecule has 4 rings (SSSR count). The lowest BCUT2D eigenvalue weighted by Crippen LogP contribution is -2.48. The first kappa shape index (κ1) is 19.4. The monoisotopic (exact) mass is 394 g/mol. The Bertz CT molecular complexity index is 1040. The predicted molar refractivity (Wildman–Crippen MR) is 110 cm³/mol. The fourth-order valence-electron chi connectivity index (χ4n) is 3.82. The van der Waals surface area contributed by atoms with Crippen molar-refractivity contribution in [2.45, 2.75) is 32.2 Å². The lowest BCUT2D eigenvalue weighted by molar-refractivity contribution is 0.0631. The third-order valence-electron chi connectivity index (χ3n) is 5.29. The number of rotatable bonds is 3. The van der Waals surface area contributed by atoms with E-state index >= 15 is 0 Å². The average molecular weight is 394 g/mol. The summed E-state index contributed by atoms with van der Waals surface area (Å²) in [6.45, 7) is 8.21. The van der Waals surface area contributed by atoms with E-state index in [0.717, 1.165) is 28.9 Å². The summed E-state index contributed by atoms with van der Waals surface area (Å²) in [6, 6.07) is 9.57. The maximum Gasteiger partial charge on any atom is 0.257 e. The van der Waals surface area contributed by atoms with Gasteiger partial charge in [-0.3, -0.25) is 4.79 Å². The van der Waals surface area contributed by atoms with Crippen LogP contribution in [0.15, 0.2) is 41.1 Å². The van der Waals surface area contributed by atoms with Gasteiger partial charge in [0.1, 0.15) is 5.75 Å². The zero-order valence-corrected chi connectivity index (χ0v) is 17.2. The van der Waals surface area contributed by atoms with Crippen LogP contribution < -0.4 is 10.1 Å². The van der Waals surface area contributed by atoms with E-state index < -0.39 is 0 Å². The number of fused-ring (bicyclic) bond motifs is 1. The first-order valence-corrected chi connectivity index (χ1v) is 9.80. The number of ether oxygens (including phenoxy) is 1. The first-order chi connectivity index (χ1) is 13.9. The molecule has 1 fully saturated rings. The number of nitrogens with one attached hydrogen (secondary N) is 1. The standard InChI is InChI=1S/C22H26N4O3/c1-22(2,3)19-16-11-14(12-24-20(16)29-25-19)21(27)26-10-9-23-13-17(26)15-7-5-6-8-18(15)28-4/h5-8,11-12,17,23H,9-10,13H2,1-4H3. The van der Waals surface area contributed by atoms with Crippen LogP contribution in [0.5, 0.6) is 5.75 Å². The molecule has 152 valence electrons. The molecule has 7 heteroatoms. The minimum absolute atomic E-state index is 0.0575. The fourth-order valence-corrected chi connectivity index (χ4v) is 3.82. The Hall–Kier alpha value is -2.93. The second-order valence-electron chi connectivity index (χ2n) is 8.32. The normalized spacial score (nSPS) is 17.5. The lowest BCUT2D eigenvalue weighted by atomic mass is 9.90. The Kier molecular flexibility index (Phi) is 5.00. The van der Waals surface area contributed by atoms with Crippen LogP contribution >= 0.6 is 0 Å². The number of piperazine rings is 1. The molecule has 0 spiro atoms. The first-order valence-electron chi connectivity index (χ1n) is 9.80. The van der Waals surface area contributed by atoms with Crippen molar-refractivity contribution in [3.05, 3.63) is 53.3 Å². The number of carbonyl (C=O) groups excluding carboxylic acids is 1. The molecule has 7 nitrogen and oxygen atoms in total. The third-order valence-corrected chi connectivity index (χ3v) is 5.29. The number of para-hydroxylation sites is 1. The van der Waals surface area contributed by atoms with Crippen molar-refractivity contribution in [1.29, 1.82) is 0 Å². The van der Waals surface area contributed by atoms with Gasteiger partial charge in [-0.25, -0.2) is 4.98 Å². The smallest absolute Gasteiger partial charge is 0.257 e. The largest absolute Gasteiger partial charge is 0.496 e. The molecule has 0 radical (unpaired) electrons. The molecule has 0 saturated carbocycles. The Morgan fingerprint density at radius 2 is 2.10 bits per heavy atom. The summed E-state index contributed by atoms with van der Waals surface area (Å²) < 4.78 is 10.9. The molecule has 0 bridgehead atoms. The summed E-state index contributed by atoms with van der Waals surface area (Å²) in [5.74, 6) is 0.722. The van der Waals surface area contributed by atoms with Crippen molar-refractivity contribution >= 4 is 17.0 Å². The van der Waals surface area contributed by atoms with Crippen LogP contribution in [-0.4, -0.2) is 47.7 Å². The van der Waals surface area contributed by atoms with Gasteiger partial charge in [0, 0.05) is 36.8 Å². The molecule has 29 heavy (non-hydrogen) atoms. The number of benzene rings is 1. The fraction of sp³-hybridized carbons (Fsp3) is 0.409. The van der Waals surface area contributed by atoms with E-state index in [4.69, 9.17) is 9.26 Å². The third kappa shape index (κ3) is 3.58. The van der Waals surface area contributed by atoms with Crippen molar-refractivity contribution in [3.8, 4) is 5.75 Å². The van der Waals surface area contributed by atoms with Gasteiger partial charge in [-0.15, -0.1) is 0 Å². The molecule has 0 aliphatic carbocycles. The lowest BCUT2D eigenvalue weighted by Gasteiger charge is -2.37. The van der Waals surface area contributed by atoms with Gasteiger partial charge in [0.2, 0.25) is 0 Å². The zero-order chi connectivity index (χ0) is 20.6. The molecule has 2 aromatic heterocycles. The van der Waals surface area contributed by atoms with E-state index in [9.17, 15) is 4.79 Å². The van der Waals surface area contributed by atoms with E-state index in [1.165, 1.54) is 0 Å². The quantitative estimate of drug-likeness (QED) is 0.734. The van der Waals surface area contributed by atoms with Gasteiger partial charge in [-0.1, -0.05) is 44.1 Å². The van der Waals surface area contributed by atoms with E-state index in [0.29, 0.717) is 24.4 Å². The highest BCUT2D eigenvalue weighted by molar-refractivity contribution is 5.97. The highest BCUT2D eigenvalue weighted by atomic mass is 16.5. The molecule has 1 aliphatic heterocycles. The second-order valence-corrected chi connectivity index (χ2v) is 8.32. The summed E-state index contributed by atoms with van der Waals surface area (Å²) in [5, 5.41) is 8.35. The van der Waals surface area contributed by atoms with E-state index in [2.05, 4.69) is 36.2 Å². The van der Waals surface area contributed by atoms with Crippen molar-refractivity contribution in [2.24, 2.45) is 0 Å². The number of hydrogen-bond donors (Lipinski definition) is 1. The highest BCUT2D eigenvalue weighted by Gasteiger charge is 2.31. The molecule has 1 saturated heterocycles. The van der Waals surface area contributed by atoms with Gasteiger partial charge in [0.25, 0.3) is 11.6 Å². The number of carbonyl (C=O) groups is 1. The molecule has 1 N–H and O–H groups in total. The van der Waals surface area contributed by atoms with Gasteiger partial charge in [0.05, 0.1) is 29.8 Å². The molecule has 1 amide bonds. The predicted octanol–water partition coefficient (Wildman–Crippen LogP) is 3.32. The molecule has 3 aromatic rings. The van der Waals surface area contributed by atoms with Crippen LogP contribution in [0, 0.1) is 0 Å². The molecule has 1 aromatic carbocycles. The van der Waals surface area contributed by atoms with Crippen molar-refractivity contribution in [2.75, 3.05) is 26.7 Å². The molecule has 3 heterocycles. The van der Waals surface area contributed by atoms with Crippen molar-refractivity contribution < 1.29 is 14.1 Å². The molecule has 1 aliphatic rings. The Labute approximate surface area is 170 Å². The van der Waals surface area contributed by atoms with Gasteiger partial charge in [-0.2, -0.15) is 0 Å². The summed E-state index contributed by atoms with van der Waals surface area (Å²) in [7, 11) is 1.65. The number of pyridine rings is 1. The van der Waals surface area contributed by atoms with Crippen LogP contribution in [0.3, 0.4) is 0 Å². The zero-order valence-electron chi connectivity index (χ0n) is 17.2. The van der Waals surface area contributed by atoms with Gasteiger partial charge >= 0.3 is 0 Å². The van der Waals surface area contributed by atoms with Gasteiger partial charge < -0.3 is 19.5 Å². The average Bonchev–Trinajstić information content (AvgIpc) is 3.17. The van der Waals surface area contributed by atoms with Crippen LogP contribution in [0.1, 0.15) is 48.4 Å². The maximum absolute atomic E-state index is 13.5. The summed E-state index contributed by atoms with van der Waals surface area (Å²) in [5.41, 5.74) is 2.58. The van der Waals surface area contributed by atoms with Crippen LogP contribution in [-0.2, 0) is 5.41 Å². The molecule has 1 unspecified atom stereocenters. The number of nitrogens with zero attached hydrogens (tertiary/aromatic N) is 3. The number of hydrogen-bond acceptors (Lipinski definition) is 6. The Balaban J connectivity index is 1.72. The summed E-state index contributed by atoms with van der Waals surface area (Å²) in [4.78, 5) is 19.7. The molecule has 1 atom stereocenters. The summed E-state index contributed by atoms with van der Waals surface area (Å²) in [6.07, 6.45) is 1.57. The van der Waals surface area contributed by atoms with Gasteiger partial charge in [0.15, 0.2) is 0 Å². The van der Waals surface area contributed by atoms with Crippen molar-refractivity contribution in [1.82, 2.24) is 20.4 Å². The van der Waals surface area contributed by atoms with Gasteiger partial charge in [-0.05, 0) is 12.1 Å². The van der Waals surface area contributed by atoms with E-state index in [1.54, 1.807) is 13.3 Å². The SMILES string of the molecule is COc1ccccc1C1CNCCN1C(=O)c1cnc2onc(C(C)(C)C)c2c1. The number of amides is 1. The highest BCUT2D eigenvalue weighted by Crippen LogP contribution is 2.32. The second kappa shape index (κ2) is 7.48. The Morgan fingerprint density at radius 3 is 2.86 bits per heavy atom. The van der Waals surface area contributed by atoms with Crippen molar-refractivity contribution in [3.63, 3.8) is 0 Å². The minimum Gasteiger partial charge on any atom is -0.496 e. The molecular weight excluding hydrogens is 368 g/mol. The topological polar surface area (TPSA) is 80.5 Å². The van der Waals surface area contributed by atoms with E-state index in [-0.39, 0.29) is 17.4 Å². The van der Waals surface area contributed by atoms with E-state index in [1.807, 2.05) is 35.2 Å². The minimum atomic E-state index is -0.205. The Morgan fingerprint density at radius 1 is 1.31 bits per heavy atom. The maximum atomic E-state index is 13.5.